The third-order valence-electron chi connectivity index (χ3n) is 1.77. The molecule has 1 aromatic rings. The van der Waals surface area contributed by atoms with Gasteiger partial charge < -0.3 is 9.84 Å². The second kappa shape index (κ2) is 4.23. The molecule has 1 N–H and O–H groups in total. The molecule has 1 aromatic carbocycles. The Bertz CT molecular complexity index is 284. The fraction of sp³-hybridized carbons (Fsp3) is 0.400. The summed E-state index contributed by atoms with van der Waals surface area (Å²) in [7, 11) is 1.42. The Morgan fingerprint density at radius 1 is 1.54 bits per heavy atom. The van der Waals surface area contributed by atoms with Crippen LogP contribution >= 0.6 is 0 Å². The Morgan fingerprint density at radius 2 is 2.23 bits per heavy atom. The lowest BCUT2D eigenvalue weighted by Crippen LogP contribution is -2.06. The average molecular weight is 184 g/mol. The van der Waals surface area contributed by atoms with Gasteiger partial charge in [0.25, 0.3) is 0 Å². The Balaban J connectivity index is 2.98. The Morgan fingerprint density at radius 3 is 2.77 bits per heavy atom. The molecule has 0 aromatic heterocycles. The number of aliphatic hydroxyl groups excluding tert-OH is 1. The quantitative estimate of drug-likeness (QED) is 0.775. The van der Waals surface area contributed by atoms with Gasteiger partial charge in [0.05, 0.1) is 13.2 Å². The molecule has 13 heavy (non-hydrogen) atoms. The van der Waals surface area contributed by atoms with Crippen molar-refractivity contribution in [3.63, 3.8) is 0 Å². The summed E-state index contributed by atoms with van der Waals surface area (Å²) >= 11 is 0. The van der Waals surface area contributed by atoms with Crippen LogP contribution in [0.25, 0.3) is 0 Å². The Labute approximate surface area is 77.0 Å². The minimum Gasteiger partial charge on any atom is -0.493 e. The second-order valence-electron chi connectivity index (χ2n) is 2.99. The number of para-hydroxylation sites is 1. The number of hydrogen-bond donors (Lipinski definition) is 1. The van der Waals surface area contributed by atoms with Gasteiger partial charge in [0.1, 0.15) is 0 Å². The van der Waals surface area contributed by atoms with Crippen LogP contribution in [0.3, 0.4) is 0 Å². The van der Waals surface area contributed by atoms with Crippen molar-refractivity contribution in [1.29, 1.82) is 0 Å². The van der Waals surface area contributed by atoms with Crippen LogP contribution in [0.4, 0.5) is 4.39 Å². The maximum Gasteiger partial charge on any atom is 0.165 e. The van der Waals surface area contributed by atoms with E-state index in [2.05, 4.69) is 0 Å². The molecule has 0 bridgehead atoms. The second-order valence-corrected chi connectivity index (χ2v) is 2.99. The highest BCUT2D eigenvalue weighted by Crippen LogP contribution is 2.23. The molecule has 0 radical (unpaired) electrons. The van der Waals surface area contributed by atoms with E-state index >= 15 is 0 Å². The summed E-state index contributed by atoms with van der Waals surface area (Å²) in [6.07, 6.45) is -0.0864. The molecule has 1 rings (SSSR count). The Hall–Kier alpha value is -1.09. The highest BCUT2D eigenvalue weighted by atomic mass is 19.1. The zero-order chi connectivity index (χ0) is 9.84. The Kier molecular flexibility index (Phi) is 3.25. The number of benzene rings is 1. The first kappa shape index (κ1) is 9.99. The standard InChI is InChI=1S/C10H13FO2/c1-7(12)6-8-4-3-5-9(11)10(8)13-2/h3-5,7,12H,6H2,1-2H3/t7-/m0/s1. The molecule has 3 heteroatoms. The van der Waals surface area contributed by atoms with Crippen LogP contribution in [0, 0.1) is 5.82 Å². The van der Waals surface area contributed by atoms with Gasteiger partial charge in [0.2, 0.25) is 0 Å². The van der Waals surface area contributed by atoms with Crippen LogP contribution in [-0.4, -0.2) is 18.3 Å². The number of hydrogen-bond acceptors (Lipinski definition) is 2. The van der Waals surface area contributed by atoms with Crippen LogP contribution in [0.2, 0.25) is 0 Å². The fourth-order valence-corrected chi connectivity index (χ4v) is 1.26. The molecule has 0 heterocycles. The number of aliphatic hydroxyl groups is 1. The van der Waals surface area contributed by atoms with E-state index in [4.69, 9.17) is 9.84 Å². The van der Waals surface area contributed by atoms with Gasteiger partial charge in [-0.25, -0.2) is 4.39 Å². The molecule has 0 aliphatic rings. The summed E-state index contributed by atoms with van der Waals surface area (Å²) in [5.74, 6) is -0.163. The number of ether oxygens (including phenoxy) is 1. The smallest absolute Gasteiger partial charge is 0.165 e. The predicted octanol–water partition coefficient (Wildman–Crippen LogP) is 1.76. The van der Waals surface area contributed by atoms with Crippen LogP contribution in [0.5, 0.6) is 5.75 Å². The van der Waals surface area contributed by atoms with Crippen molar-refractivity contribution in [1.82, 2.24) is 0 Å². The van der Waals surface area contributed by atoms with Crippen molar-refractivity contribution < 1.29 is 14.2 Å². The van der Waals surface area contributed by atoms with E-state index in [-0.39, 0.29) is 11.6 Å². The zero-order valence-corrected chi connectivity index (χ0v) is 7.75. The van der Waals surface area contributed by atoms with Gasteiger partial charge in [0.15, 0.2) is 11.6 Å². The van der Waals surface area contributed by atoms with E-state index in [1.165, 1.54) is 13.2 Å². The van der Waals surface area contributed by atoms with Crippen LogP contribution in [0.1, 0.15) is 12.5 Å². The van der Waals surface area contributed by atoms with Gasteiger partial charge in [-0.3, -0.25) is 0 Å². The summed E-state index contributed by atoms with van der Waals surface area (Å²) in [6, 6.07) is 4.69. The van der Waals surface area contributed by atoms with Crippen molar-refractivity contribution in [3.05, 3.63) is 29.6 Å². The van der Waals surface area contributed by atoms with Crippen molar-refractivity contribution in [3.8, 4) is 5.75 Å². The van der Waals surface area contributed by atoms with Crippen molar-refractivity contribution >= 4 is 0 Å². The first-order valence-corrected chi connectivity index (χ1v) is 4.14. The zero-order valence-electron chi connectivity index (χ0n) is 7.75. The van der Waals surface area contributed by atoms with E-state index in [1.54, 1.807) is 19.1 Å². The highest BCUT2D eigenvalue weighted by molar-refractivity contribution is 5.35. The van der Waals surface area contributed by atoms with E-state index in [0.29, 0.717) is 12.0 Å². The van der Waals surface area contributed by atoms with Gasteiger partial charge in [-0.15, -0.1) is 0 Å². The predicted molar refractivity (Wildman–Crippen MR) is 48.3 cm³/mol. The topological polar surface area (TPSA) is 29.5 Å². The molecule has 0 amide bonds. The number of methoxy groups -OCH3 is 1. The van der Waals surface area contributed by atoms with Crippen molar-refractivity contribution in [2.24, 2.45) is 0 Å². The first-order chi connectivity index (χ1) is 6.15. The van der Waals surface area contributed by atoms with Gasteiger partial charge >= 0.3 is 0 Å². The molecule has 0 aliphatic carbocycles. The number of rotatable bonds is 3. The SMILES string of the molecule is COc1c(F)cccc1C[C@H](C)O. The normalized spacial score (nSPS) is 12.6. The third-order valence-corrected chi connectivity index (χ3v) is 1.77. The maximum absolute atomic E-state index is 13.1. The maximum atomic E-state index is 13.1. The molecule has 0 saturated heterocycles. The van der Waals surface area contributed by atoms with Gasteiger partial charge in [-0.1, -0.05) is 12.1 Å². The minimum absolute atomic E-state index is 0.225. The lowest BCUT2D eigenvalue weighted by molar-refractivity contribution is 0.194. The minimum atomic E-state index is -0.490. The fourth-order valence-electron chi connectivity index (χ4n) is 1.26. The van der Waals surface area contributed by atoms with Gasteiger partial charge in [-0.2, -0.15) is 0 Å². The van der Waals surface area contributed by atoms with Gasteiger partial charge in [-0.05, 0) is 18.6 Å². The van der Waals surface area contributed by atoms with Gasteiger partial charge in [0, 0.05) is 6.42 Å². The summed E-state index contributed by atoms with van der Waals surface area (Å²) < 4.78 is 18.0. The molecule has 0 fully saturated rings. The van der Waals surface area contributed by atoms with Crippen LogP contribution in [-0.2, 0) is 6.42 Å². The van der Waals surface area contributed by atoms with E-state index in [0.717, 1.165) is 0 Å². The summed E-state index contributed by atoms with van der Waals surface area (Å²) in [4.78, 5) is 0. The molecule has 0 unspecified atom stereocenters. The van der Waals surface area contributed by atoms with Crippen molar-refractivity contribution in [2.75, 3.05) is 7.11 Å². The van der Waals surface area contributed by atoms with E-state index in [1.807, 2.05) is 0 Å². The molecule has 2 nitrogen and oxygen atoms in total. The molecule has 1 atom stereocenters. The molecular weight excluding hydrogens is 171 g/mol. The summed E-state index contributed by atoms with van der Waals surface area (Å²) in [5, 5.41) is 9.14. The summed E-state index contributed by atoms with van der Waals surface area (Å²) in [5.41, 5.74) is 0.692. The summed E-state index contributed by atoms with van der Waals surface area (Å²) in [6.45, 7) is 1.66. The molecular formula is C10H13FO2. The lowest BCUT2D eigenvalue weighted by Gasteiger charge is -2.10. The van der Waals surface area contributed by atoms with Crippen LogP contribution in [0.15, 0.2) is 18.2 Å². The molecule has 0 aliphatic heterocycles. The average Bonchev–Trinajstić information content (AvgIpc) is 2.03. The van der Waals surface area contributed by atoms with Crippen LogP contribution < -0.4 is 4.74 Å². The lowest BCUT2D eigenvalue weighted by atomic mass is 10.1. The van der Waals surface area contributed by atoms with E-state index in [9.17, 15) is 4.39 Å². The largest absolute Gasteiger partial charge is 0.493 e. The monoisotopic (exact) mass is 184 g/mol. The van der Waals surface area contributed by atoms with E-state index < -0.39 is 6.10 Å². The molecule has 0 spiro atoms. The highest BCUT2D eigenvalue weighted by Gasteiger charge is 2.09. The molecule has 0 saturated carbocycles. The van der Waals surface area contributed by atoms with Crippen molar-refractivity contribution in [2.45, 2.75) is 19.4 Å². The third kappa shape index (κ3) is 2.42. The molecule has 72 valence electrons. The first-order valence-electron chi connectivity index (χ1n) is 4.14. The number of halogens is 1.